The summed E-state index contributed by atoms with van der Waals surface area (Å²) >= 11 is 0. The van der Waals surface area contributed by atoms with Crippen LogP contribution >= 0.6 is 0 Å². The molecule has 28 heavy (non-hydrogen) atoms. The van der Waals surface area contributed by atoms with E-state index in [9.17, 15) is 4.79 Å². The second kappa shape index (κ2) is 8.91. The summed E-state index contributed by atoms with van der Waals surface area (Å²) in [6.45, 7) is 7.00. The Balaban J connectivity index is 1.59. The van der Waals surface area contributed by atoms with Gasteiger partial charge < -0.3 is 19.4 Å². The van der Waals surface area contributed by atoms with Gasteiger partial charge in [0.2, 0.25) is 0 Å². The Morgan fingerprint density at radius 3 is 2.82 bits per heavy atom. The molecule has 0 saturated heterocycles. The largest absolute Gasteiger partial charge is 0.491 e. The van der Waals surface area contributed by atoms with Crippen molar-refractivity contribution in [2.24, 2.45) is 0 Å². The van der Waals surface area contributed by atoms with Crippen molar-refractivity contribution in [2.45, 2.75) is 26.8 Å². The summed E-state index contributed by atoms with van der Waals surface area (Å²) in [6.07, 6.45) is 4.44. The molecule has 7 nitrogen and oxygen atoms in total. The number of carbonyl (C=O) groups excluding carboxylic acids is 1. The summed E-state index contributed by atoms with van der Waals surface area (Å²) in [4.78, 5) is 27.2. The summed E-state index contributed by atoms with van der Waals surface area (Å²) in [7, 11) is 3.80. The van der Waals surface area contributed by atoms with Gasteiger partial charge in [0, 0.05) is 38.9 Å². The van der Waals surface area contributed by atoms with Crippen LogP contribution in [0.1, 0.15) is 23.7 Å². The molecule has 0 aliphatic carbocycles. The zero-order chi connectivity index (χ0) is 20.1. The number of likely N-dealkylation sites (N-methyl/N-ethyl adjacent to an activating group) is 2. The van der Waals surface area contributed by atoms with Gasteiger partial charge in [0.25, 0.3) is 0 Å². The molecule has 1 aromatic carbocycles. The summed E-state index contributed by atoms with van der Waals surface area (Å²) in [6, 6.07) is 6.28. The van der Waals surface area contributed by atoms with Crippen LogP contribution < -0.4 is 9.64 Å². The molecule has 0 fully saturated rings. The van der Waals surface area contributed by atoms with Gasteiger partial charge in [-0.25, -0.2) is 9.78 Å². The zero-order valence-corrected chi connectivity index (χ0v) is 17.2. The zero-order valence-electron chi connectivity index (χ0n) is 17.2. The van der Waals surface area contributed by atoms with Crippen molar-refractivity contribution in [3.8, 4) is 5.75 Å². The number of ether oxygens (including phenoxy) is 1. The van der Waals surface area contributed by atoms with Crippen molar-refractivity contribution in [1.82, 2.24) is 19.8 Å². The van der Waals surface area contributed by atoms with Crippen molar-refractivity contribution >= 4 is 11.8 Å². The number of urea groups is 1. The first-order valence-electron chi connectivity index (χ1n) is 9.72. The fourth-order valence-electron chi connectivity index (χ4n) is 3.18. The number of fused-ring (bicyclic) bond motifs is 1. The maximum atomic E-state index is 12.9. The second-order valence-electron chi connectivity index (χ2n) is 7.21. The van der Waals surface area contributed by atoms with Crippen LogP contribution in [0.3, 0.4) is 0 Å². The Hall–Kier alpha value is -2.83. The van der Waals surface area contributed by atoms with E-state index < -0.39 is 0 Å². The van der Waals surface area contributed by atoms with E-state index >= 15 is 0 Å². The van der Waals surface area contributed by atoms with Crippen LogP contribution in [0, 0.1) is 6.92 Å². The highest BCUT2D eigenvalue weighted by molar-refractivity contribution is 5.74. The predicted octanol–water partition coefficient (Wildman–Crippen LogP) is 2.73. The van der Waals surface area contributed by atoms with Gasteiger partial charge in [-0.2, -0.15) is 0 Å². The summed E-state index contributed by atoms with van der Waals surface area (Å²) < 4.78 is 5.88. The predicted molar refractivity (Wildman–Crippen MR) is 110 cm³/mol. The van der Waals surface area contributed by atoms with E-state index in [4.69, 9.17) is 4.74 Å². The standard InChI is InChI=1S/C21H29N5O2/c1-5-17-6-7-18-15-26(10-11-28-19(18)12-17)21(27)25(4)9-8-24(3)20-14-22-13-16(2)23-20/h6-7,12-14H,5,8-11,15H2,1-4H3. The molecule has 1 aliphatic heterocycles. The Kier molecular flexibility index (Phi) is 6.34. The smallest absolute Gasteiger partial charge is 0.320 e. The average molecular weight is 383 g/mol. The van der Waals surface area contributed by atoms with Crippen LogP contribution in [0.25, 0.3) is 0 Å². The van der Waals surface area contributed by atoms with Gasteiger partial charge in [0.1, 0.15) is 18.2 Å². The third kappa shape index (κ3) is 4.71. The van der Waals surface area contributed by atoms with E-state index in [0.717, 1.165) is 29.2 Å². The molecule has 1 aliphatic rings. The first kappa shape index (κ1) is 19.9. The van der Waals surface area contributed by atoms with Crippen molar-refractivity contribution in [3.05, 3.63) is 47.4 Å². The maximum Gasteiger partial charge on any atom is 0.320 e. The highest BCUT2D eigenvalue weighted by atomic mass is 16.5. The monoisotopic (exact) mass is 383 g/mol. The number of nitrogens with zero attached hydrogens (tertiary/aromatic N) is 5. The van der Waals surface area contributed by atoms with Crippen LogP contribution in [0.15, 0.2) is 30.6 Å². The minimum Gasteiger partial charge on any atom is -0.491 e. The lowest BCUT2D eigenvalue weighted by atomic mass is 10.1. The lowest BCUT2D eigenvalue weighted by Gasteiger charge is -2.28. The number of benzene rings is 1. The van der Waals surface area contributed by atoms with Crippen LogP contribution in [0.4, 0.5) is 10.6 Å². The molecule has 2 heterocycles. The minimum absolute atomic E-state index is 0.0137. The van der Waals surface area contributed by atoms with E-state index in [0.29, 0.717) is 32.8 Å². The number of carbonyl (C=O) groups is 1. The van der Waals surface area contributed by atoms with E-state index in [1.807, 2.05) is 30.8 Å². The molecule has 0 atom stereocenters. The van der Waals surface area contributed by atoms with Crippen LogP contribution in [-0.4, -0.2) is 66.1 Å². The van der Waals surface area contributed by atoms with E-state index in [1.54, 1.807) is 17.3 Å². The van der Waals surface area contributed by atoms with Gasteiger partial charge in [-0.3, -0.25) is 4.98 Å². The first-order chi connectivity index (χ1) is 13.5. The number of hydrogen-bond acceptors (Lipinski definition) is 5. The van der Waals surface area contributed by atoms with Gasteiger partial charge in [0.05, 0.1) is 25.0 Å². The molecular formula is C21H29N5O2. The molecule has 150 valence electrons. The average Bonchev–Trinajstić information content (AvgIpc) is 2.92. The van der Waals surface area contributed by atoms with Crippen molar-refractivity contribution in [3.63, 3.8) is 0 Å². The molecule has 0 spiro atoms. The Labute approximate surface area is 166 Å². The molecular weight excluding hydrogens is 354 g/mol. The van der Waals surface area contributed by atoms with Crippen LogP contribution in [-0.2, 0) is 13.0 Å². The molecule has 1 aromatic heterocycles. The summed E-state index contributed by atoms with van der Waals surface area (Å²) in [5.41, 5.74) is 3.18. The van der Waals surface area contributed by atoms with Gasteiger partial charge in [0.15, 0.2) is 0 Å². The lowest BCUT2D eigenvalue weighted by Crippen LogP contribution is -2.44. The molecule has 0 saturated carbocycles. The van der Waals surface area contributed by atoms with Gasteiger partial charge in [-0.15, -0.1) is 0 Å². The number of hydrogen-bond donors (Lipinski definition) is 0. The number of rotatable bonds is 5. The van der Waals surface area contributed by atoms with Gasteiger partial charge in [-0.1, -0.05) is 19.1 Å². The van der Waals surface area contributed by atoms with E-state index in [-0.39, 0.29) is 6.03 Å². The highest BCUT2D eigenvalue weighted by Gasteiger charge is 2.23. The summed E-state index contributed by atoms with van der Waals surface area (Å²) in [5.74, 6) is 1.71. The molecule has 3 rings (SSSR count). The van der Waals surface area contributed by atoms with Crippen LogP contribution in [0.5, 0.6) is 5.75 Å². The Bertz CT molecular complexity index is 826. The van der Waals surface area contributed by atoms with E-state index in [1.165, 1.54) is 5.56 Å². The number of aryl methyl sites for hydroxylation is 2. The van der Waals surface area contributed by atoms with Crippen molar-refractivity contribution in [1.29, 1.82) is 0 Å². The number of anilines is 1. The third-order valence-corrected chi connectivity index (χ3v) is 5.02. The van der Waals surface area contributed by atoms with Crippen molar-refractivity contribution in [2.75, 3.05) is 45.2 Å². The molecule has 7 heteroatoms. The molecule has 0 radical (unpaired) electrons. The normalized spacial score (nSPS) is 13.4. The Morgan fingerprint density at radius 1 is 1.25 bits per heavy atom. The quantitative estimate of drug-likeness (QED) is 0.794. The summed E-state index contributed by atoms with van der Waals surface area (Å²) in [5, 5.41) is 0. The molecule has 2 aromatic rings. The number of amides is 2. The fourth-order valence-corrected chi connectivity index (χ4v) is 3.18. The second-order valence-corrected chi connectivity index (χ2v) is 7.21. The van der Waals surface area contributed by atoms with Gasteiger partial charge in [-0.05, 0) is 25.0 Å². The highest BCUT2D eigenvalue weighted by Crippen LogP contribution is 2.25. The molecule has 0 unspecified atom stereocenters. The Morgan fingerprint density at radius 2 is 2.07 bits per heavy atom. The molecule has 0 bridgehead atoms. The molecule has 2 amide bonds. The first-order valence-corrected chi connectivity index (χ1v) is 9.72. The van der Waals surface area contributed by atoms with Crippen molar-refractivity contribution < 1.29 is 9.53 Å². The number of aromatic nitrogens is 2. The SMILES string of the molecule is CCc1ccc2c(c1)OCCN(C(=O)N(C)CCN(C)c1cncc(C)n1)C2. The molecule has 0 N–H and O–H groups in total. The minimum atomic E-state index is 0.0137. The topological polar surface area (TPSA) is 61.8 Å². The van der Waals surface area contributed by atoms with E-state index in [2.05, 4.69) is 35.1 Å². The maximum absolute atomic E-state index is 12.9. The third-order valence-electron chi connectivity index (χ3n) is 5.02. The fraction of sp³-hybridized carbons (Fsp3) is 0.476. The van der Waals surface area contributed by atoms with Crippen LogP contribution in [0.2, 0.25) is 0 Å². The van der Waals surface area contributed by atoms with Gasteiger partial charge >= 0.3 is 6.03 Å². The lowest BCUT2D eigenvalue weighted by molar-refractivity contribution is 0.156.